The summed E-state index contributed by atoms with van der Waals surface area (Å²) in [6, 6.07) is -0.586. The van der Waals surface area contributed by atoms with Crippen molar-refractivity contribution < 1.29 is 14.3 Å². The van der Waals surface area contributed by atoms with Gasteiger partial charge in [0.25, 0.3) is 0 Å². The summed E-state index contributed by atoms with van der Waals surface area (Å²) < 4.78 is 5.18. The van der Waals surface area contributed by atoms with Gasteiger partial charge in [-0.3, -0.25) is 4.79 Å². The van der Waals surface area contributed by atoms with Crippen LogP contribution in [0, 0.1) is 11.8 Å². The number of nitrogens with one attached hydrogen (secondary N) is 1. The monoisotopic (exact) mass is 300 g/mol. The smallest absolute Gasteiger partial charge is 0.408 e. The quantitative estimate of drug-likeness (QED) is 0.820. The first-order valence-electron chi connectivity index (χ1n) is 7.70. The summed E-state index contributed by atoms with van der Waals surface area (Å²) in [4.78, 5) is 26.0. The molecule has 0 aliphatic rings. The molecule has 1 atom stereocenters. The zero-order chi connectivity index (χ0) is 16.8. The Balaban J connectivity index is 4.65. The van der Waals surface area contributed by atoms with Crippen LogP contribution in [0.4, 0.5) is 4.79 Å². The molecule has 0 saturated carbocycles. The first-order chi connectivity index (χ1) is 9.42. The van der Waals surface area contributed by atoms with Gasteiger partial charge in [-0.15, -0.1) is 0 Å². The zero-order valence-electron chi connectivity index (χ0n) is 14.8. The third kappa shape index (κ3) is 9.32. The molecule has 0 saturated heterocycles. The van der Waals surface area contributed by atoms with E-state index in [1.54, 1.807) is 27.7 Å². The summed E-state index contributed by atoms with van der Waals surface area (Å²) in [7, 11) is 0. The molecule has 21 heavy (non-hydrogen) atoms. The van der Waals surface area contributed by atoms with Gasteiger partial charge in [-0.05, 0) is 39.5 Å². The molecule has 0 radical (unpaired) electrons. The average Bonchev–Trinajstić information content (AvgIpc) is 2.22. The van der Waals surface area contributed by atoms with E-state index in [0.29, 0.717) is 24.9 Å². The number of hydrogen-bond acceptors (Lipinski definition) is 3. The fourth-order valence-corrected chi connectivity index (χ4v) is 1.96. The van der Waals surface area contributed by atoms with Crippen molar-refractivity contribution in [2.45, 2.75) is 67.0 Å². The van der Waals surface area contributed by atoms with Gasteiger partial charge < -0.3 is 15.0 Å². The van der Waals surface area contributed by atoms with Crippen molar-refractivity contribution in [3.05, 3.63) is 0 Å². The molecule has 0 spiro atoms. The Morgan fingerprint density at radius 3 is 1.76 bits per heavy atom. The fraction of sp³-hybridized carbons (Fsp3) is 0.875. The molecule has 0 aliphatic heterocycles. The topological polar surface area (TPSA) is 58.6 Å². The van der Waals surface area contributed by atoms with Crippen LogP contribution in [0.1, 0.15) is 55.4 Å². The van der Waals surface area contributed by atoms with Crippen LogP contribution in [0.5, 0.6) is 0 Å². The molecular formula is C16H32N2O3. The van der Waals surface area contributed by atoms with E-state index in [4.69, 9.17) is 4.74 Å². The molecule has 0 aromatic rings. The number of carbonyl (C=O) groups excluding carboxylic acids is 2. The van der Waals surface area contributed by atoms with Crippen molar-refractivity contribution in [2.24, 2.45) is 11.8 Å². The molecule has 0 aromatic heterocycles. The van der Waals surface area contributed by atoms with Crippen molar-refractivity contribution in [1.29, 1.82) is 0 Å². The minimum Gasteiger partial charge on any atom is -0.444 e. The lowest BCUT2D eigenvalue weighted by Crippen LogP contribution is -2.49. The SMILES string of the molecule is CC(C)CN(CC(C)C)C(=O)C(C)NC(=O)OC(C)(C)C. The van der Waals surface area contributed by atoms with Crippen molar-refractivity contribution in [3.8, 4) is 0 Å². The zero-order valence-corrected chi connectivity index (χ0v) is 14.8. The number of nitrogens with zero attached hydrogens (tertiary/aromatic N) is 1. The van der Waals surface area contributed by atoms with Gasteiger partial charge in [0.2, 0.25) is 5.91 Å². The van der Waals surface area contributed by atoms with E-state index in [9.17, 15) is 9.59 Å². The van der Waals surface area contributed by atoms with E-state index in [0.717, 1.165) is 0 Å². The number of carbonyl (C=O) groups is 2. The molecular weight excluding hydrogens is 268 g/mol. The van der Waals surface area contributed by atoms with Crippen LogP contribution in [-0.2, 0) is 9.53 Å². The van der Waals surface area contributed by atoms with Crippen molar-refractivity contribution in [3.63, 3.8) is 0 Å². The Morgan fingerprint density at radius 1 is 1.00 bits per heavy atom. The van der Waals surface area contributed by atoms with E-state index >= 15 is 0 Å². The molecule has 5 heteroatoms. The first kappa shape index (κ1) is 19.7. The standard InChI is InChI=1S/C16H32N2O3/c1-11(2)9-18(10-12(3)4)14(19)13(5)17-15(20)21-16(6,7)8/h11-13H,9-10H2,1-8H3,(H,17,20). The van der Waals surface area contributed by atoms with E-state index in [-0.39, 0.29) is 5.91 Å². The minimum atomic E-state index is -0.586. The lowest BCUT2D eigenvalue weighted by Gasteiger charge is -2.29. The molecule has 0 heterocycles. The Hall–Kier alpha value is -1.26. The lowest BCUT2D eigenvalue weighted by molar-refractivity contribution is -0.134. The highest BCUT2D eigenvalue weighted by Crippen LogP contribution is 2.09. The van der Waals surface area contributed by atoms with Crippen LogP contribution >= 0.6 is 0 Å². The molecule has 0 rings (SSSR count). The molecule has 5 nitrogen and oxygen atoms in total. The average molecular weight is 300 g/mol. The first-order valence-corrected chi connectivity index (χ1v) is 7.70. The summed E-state index contributed by atoms with van der Waals surface area (Å²) in [5.74, 6) is 0.714. The van der Waals surface area contributed by atoms with Gasteiger partial charge >= 0.3 is 6.09 Å². The molecule has 2 amide bonds. The van der Waals surface area contributed by atoms with Crippen molar-refractivity contribution in [2.75, 3.05) is 13.1 Å². The van der Waals surface area contributed by atoms with Gasteiger partial charge in [0.05, 0.1) is 0 Å². The third-order valence-electron chi connectivity index (χ3n) is 2.59. The molecule has 0 aromatic carbocycles. The number of hydrogen-bond donors (Lipinski definition) is 1. The lowest BCUT2D eigenvalue weighted by atomic mass is 10.1. The van der Waals surface area contributed by atoms with Crippen molar-refractivity contribution >= 4 is 12.0 Å². The maximum atomic E-state index is 12.5. The van der Waals surface area contributed by atoms with Gasteiger partial charge in [-0.1, -0.05) is 27.7 Å². The minimum absolute atomic E-state index is 0.0664. The molecule has 0 bridgehead atoms. The van der Waals surface area contributed by atoms with Crippen LogP contribution < -0.4 is 5.32 Å². The number of ether oxygens (including phenoxy) is 1. The van der Waals surface area contributed by atoms with Gasteiger partial charge in [-0.25, -0.2) is 4.79 Å². The van der Waals surface area contributed by atoms with Gasteiger partial charge in [-0.2, -0.15) is 0 Å². The number of rotatable bonds is 6. The summed E-state index contributed by atoms with van der Waals surface area (Å²) in [6.07, 6.45) is -0.558. The Bertz CT molecular complexity index is 336. The highest BCUT2D eigenvalue weighted by Gasteiger charge is 2.25. The summed E-state index contributed by atoms with van der Waals surface area (Å²) in [6.45, 7) is 16.8. The molecule has 1 unspecified atom stereocenters. The van der Waals surface area contributed by atoms with E-state index < -0.39 is 17.7 Å². The molecule has 0 fully saturated rings. The van der Waals surface area contributed by atoms with Gasteiger partial charge in [0, 0.05) is 13.1 Å². The second-order valence-electron chi connectivity index (χ2n) is 7.40. The van der Waals surface area contributed by atoms with Crippen LogP contribution in [0.3, 0.4) is 0 Å². The summed E-state index contributed by atoms with van der Waals surface area (Å²) in [5, 5.41) is 2.61. The Labute approximate surface area is 129 Å². The van der Waals surface area contributed by atoms with Crippen LogP contribution in [-0.4, -0.2) is 41.6 Å². The van der Waals surface area contributed by atoms with E-state index in [1.807, 2.05) is 4.90 Å². The summed E-state index contributed by atoms with van der Waals surface area (Å²) >= 11 is 0. The van der Waals surface area contributed by atoms with E-state index in [1.165, 1.54) is 0 Å². The predicted molar refractivity (Wildman–Crippen MR) is 85.1 cm³/mol. The third-order valence-corrected chi connectivity index (χ3v) is 2.59. The van der Waals surface area contributed by atoms with Gasteiger partial charge in [0.1, 0.15) is 11.6 Å². The maximum Gasteiger partial charge on any atom is 0.408 e. The molecule has 124 valence electrons. The maximum absolute atomic E-state index is 12.5. The van der Waals surface area contributed by atoms with Crippen LogP contribution in [0.25, 0.3) is 0 Å². The summed E-state index contributed by atoms with van der Waals surface area (Å²) in [5.41, 5.74) is -0.567. The predicted octanol–water partition coefficient (Wildman–Crippen LogP) is 3.04. The van der Waals surface area contributed by atoms with Crippen LogP contribution in [0.15, 0.2) is 0 Å². The van der Waals surface area contributed by atoms with Crippen LogP contribution in [0.2, 0.25) is 0 Å². The van der Waals surface area contributed by atoms with E-state index in [2.05, 4.69) is 33.0 Å². The number of amides is 2. The highest BCUT2D eigenvalue weighted by molar-refractivity contribution is 5.85. The molecule has 0 aliphatic carbocycles. The fourth-order valence-electron chi connectivity index (χ4n) is 1.96. The highest BCUT2D eigenvalue weighted by atomic mass is 16.6. The molecule has 1 N–H and O–H groups in total. The van der Waals surface area contributed by atoms with Crippen molar-refractivity contribution in [1.82, 2.24) is 10.2 Å². The second kappa shape index (κ2) is 8.25. The Morgan fingerprint density at radius 2 is 1.43 bits per heavy atom. The van der Waals surface area contributed by atoms with Gasteiger partial charge in [0.15, 0.2) is 0 Å². The Kier molecular flexibility index (Phi) is 7.75. The normalized spacial score (nSPS) is 13.2. The number of alkyl carbamates (subject to hydrolysis) is 1. The second-order valence-corrected chi connectivity index (χ2v) is 7.40. The largest absolute Gasteiger partial charge is 0.444 e.